The van der Waals surface area contributed by atoms with Crippen LogP contribution in [0.15, 0.2) is 0 Å². The first-order chi connectivity index (χ1) is 9.43. The van der Waals surface area contributed by atoms with E-state index in [4.69, 9.17) is 11.5 Å². The zero-order valence-corrected chi connectivity index (χ0v) is 11.5. The molecule has 0 atom stereocenters. The van der Waals surface area contributed by atoms with Crippen LogP contribution in [0.1, 0.15) is 6.92 Å². The number of carbonyl (C=O) groups excluding carboxylic acids is 2. The number of hydrogen-bond donors (Lipinski definition) is 1. The molecular formula is C13H19N3O4. The molecule has 1 rings (SSSR count). The first-order valence-corrected chi connectivity index (χ1v) is 6.35. The van der Waals surface area contributed by atoms with Gasteiger partial charge in [0.2, 0.25) is 11.8 Å². The molecule has 1 heterocycles. The van der Waals surface area contributed by atoms with Gasteiger partial charge in [-0.3, -0.25) is 19.3 Å². The lowest BCUT2D eigenvalue weighted by Crippen LogP contribution is -2.52. The van der Waals surface area contributed by atoms with Crippen LogP contribution >= 0.6 is 0 Å². The zero-order chi connectivity index (χ0) is 15.1. The van der Waals surface area contributed by atoms with Crippen molar-refractivity contribution in [1.29, 1.82) is 0 Å². The lowest BCUT2D eigenvalue weighted by molar-refractivity contribution is -0.141. The third-order valence-corrected chi connectivity index (χ3v) is 3.11. The maximum atomic E-state index is 12.1. The second-order valence-electron chi connectivity index (χ2n) is 4.63. The maximum Gasteiger partial charge on any atom is 0.317 e. The quantitative estimate of drug-likeness (QED) is 0.633. The molecule has 0 bridgehead atoms. The van der Waals surface area contributed by atoms with Crippen LogP contribution in [0.5, 0.6) is 0 Å². The number of nitrogens with zero attached hydrogens (tertiary/aromatic N) is 3. The molecule has 110 valence electrons. The minimum atomic E-state index is -1.02. The van der Waals surface area contributed by atoms with Gasteiger partial charge >= 0.3 is 5.97 Å². The highest BCUT2D eigenvalue weighted by atomic mass is 16.4. The Labute approximate surface area is 118 Å². The van der Waals surface area contributed by atoms with Gasteiger partial charge in [-0.2, -0.15) is 0 Å². The van der Waals surface area contributed by atoms with E-state index in [0.29, 0.717) is 26.2 Å². The molecule has 1 aliphatic heterocycles. The van der Waals surface area contributed by atoms with E-state index < -0.39 is 5.97 Å². The van der Waals surface area contributed by atoms with Gasteiger partial charge in [0.25, 0.3) is 0 Å². The monoisotopic (exact) mass is 281 g/mol. The minimum absolute atomic E-state index is 0.00284. The molecule has 0 aromatic carbocycles. The molecule has 0 aromatic rings. The van der Waals surface area contributed by atoms with E-state index in [2.05, 4.69) is 5.92 Å². The molecule has 2 amide bonds. The molecule has 0 aliphatic carbocycles. The number of hydrogen-bond acceptors (Lipinski definition) is 4. The van der Waals surface area contributed by atoms with E-state index >= 15 is 0 Å². The third-order valence-electron chi connectivity index (χ3n) is 3.11. The van der Waals surface area contributed by atoms with Crippen molar-refractivity contribution in [2.45, 2.75) is 6.92 Å². The van der Waals surface area contributed by atoms with E-state index in [0.717, 1.165) is 0 Å². The fourth-order valence-corrected chi connectivity index (χ4v) is 2.05. The third kappa shape index (κ3) is 4.90. The van der Waals surface area contributed by atoms with Gasteiger partial charge in [0.15, 0.2) is 0 Å². The molecule has 1 N–H and O–H groups in total. The van der Waals surface area contributed by atoms with Crippen LogP contribution in [-0.4, -0.2) is 83.4 Å². The average Bonchev–Trinajstić information content (AvgIpc) is 2.38. The summed E-state index contributed by atoms with van der Waals surface area (Å²) in [5.74, 6) is 1.16. The molecular weight excluding hydrogens is 262 g/mol. The number of carboxylic acid groups (broad SMARTS) is 1. The Bertz CT molecular complexity index is 422. The lowest BCUT2D eigenvalue weighted by atomic mass is 10.3. The summed E-state index contributed by atoms with van der Waals surface area (Å²) in [6.07, 6.45) is 5.16. The van der Waals surface area contributed by atoms with Crippen molar-refractivity contribution in [1.82, 2.24) is 14.7 Å². The topological polar surface area (TPSA) is 81.2 Å². The van der Waals surface area contributed by atoms with Gasteiger partial charge in [0, 0.05) is 33.1 Å². The van der Waals surface area contributed by atoms with Crippen molar-refractivity contribution in [3.05, 3.63) is 0 Å². The van der Waals surface area contributed by atoms with Gasteiger partial charge in [-0.15, -0.1) is 6.42 Å². The van der Waals surface area contributed by atoms with Crippen LogP contribution in [0.25, 0.3) is 0 Å². The summed E-state index contributed by atoms with van der Waals surface area (Å²) in [5.41, 5.74) is 0. The molecule has 1 fully saturated rings. The second-order valence-corrected chi connectivity index (χ2v) is 4.63. The zero-order valence-electron chi connectivity index (χ0n) is 11.5. The molecule has 0 aromatic heterocycles. The Morgan fingerprint density at radius 3 is 2.15 bits per heavy atom. The fourth-order valence-electron chi connectivity index (χ4n) is 2.05. The Kier molecular flexibility index (Phi) is 6.00. The normalized spacial score (nSPS) is 15.1. The second kappa shape index (κ2) is 7.50. The van der Waals surface area contributed by atoms with Gasteiger partial charge in [0.1, 0.15) is 0 Å². The van der Waals surface area contributed by atoms with Gasteiger partial charge in [0.05, 0.1) is 19.6 Å². The number of amides is 2. The molecule has 0 radical (unpaired) electrons. The summed E-state index contributed by atoms with van der Waals surface area (Å²) in [6, 6.07) is 0. The molecule has 7 heteroatoms. The van der Waals surface area contributed by atoms with Crippen LogP contribution in [0.3, 0.4) is 0 Å². The van der Waals surface area contributed by atoms with E-state index in [-0.39, 0.29) is 31.4 Å². The summed E-state index contributed by atoms with van der Waals surface area (Å²) < 4.78 is 0. The molecule has 1 aliphatic rings. The van der Waals surface area contributed by atoms with Crippen LogP contribution in [0.4, 0.5) is 0 Å². The Balaban J connectivity index is 2.47. The number of carbonyl (C=O) groups is 3. The van der Waals surface area contributed by atoms with Crippen LogP contribution in [0.2, 0.25) is 0 Å². The van der Waals surface area contributed by atoms with E-state index in [9.17, 15) is 14.4 Å². The van der Waals surface area contributed by atoms with Crippen molar-refractivity contribution in [2.75, 3.05) is 45.8 Å². The summed E-state index contributed by atoms with van der Waals surface area (Å²) >= 11 is 0. The number of carboxylic acids is 1. The smallest absolute Gasteiger partial charge is 0.317 e. The highest BCUT2D eigenvalue weighted by Gasteiger charge is 2.24. The minimum Gasteiger partial charge on any atom is -0.480 e. The SMILES string of the molecule is C#CCN(CC(=O)O)CC(=O)N1CCN(C(C)=O)CC1. The summed E-state index contributed by atoms with van der Waals surface area (Å²) in [4.78, 5) is 38.6. The van der Waals surface area contributed by atoms with Gasteiger partial charge < -0.3 is 14.9 Å². The van der Waals surface area contributed by atoms with Crippen molar-refractivity contribution in [3.8, 4) is 12.3 Å². The first kappa shape index (κ1) is 16.0. The van der Waals surface area contributed by atoms with Crippen molar-refractivity contribution >= 4 is 17.8 Å². The predicted molar refractivity (Wildman–Crippen MR) is 71.7 cm³/mol. The largest absolute Gasteiger partial charge is 0.480 e. The van der Waals surface area contributed by atoms with Crippen molar-refractivity contribution in [2.24, 2.45) is 0 Å². The van der Waals surface area contributed by atoms with Gasteiger partial charge in [-0.05, 0) is 0 Å². The summed E-state index contributed by atoms with van der Waals surface area (Å²) in [6.45, 7) is 3.29. The van der Waals surface area contributed by atoms with Crippen LogP contribution < -0.4 is 0 Å². The molecule has 1 saturated heterocycles. The molecule has 7 nitrogen and oxygen atoms in total. The number of aliphatic carboxylic acids is 1. The molecule has 0 spiro atoms. The van der Waals surface area contributed by atoms with E-state index in [1.165, 1.54) is 11.8 Å². The Morgan fingerprint density at radius 1 is 1.15 bits per heavy atom. The standard InChI is InChI=1S/C13H19N3O4/c1-3-4-14(10-13(19)20)9-12(18)16-7-5-15(6-8-16)11(2)17/h1H,4-10H2,2H3,(H,19,20). The van der Waals surface area contributed by atoms with Crippen LogP contribution in [0, 0.1) is 12.3 Å². The predicted octanol–water partition coefficient (Wildman–Crippen LogP) is -1.30. The summed E-state index contributed by atoms with van der Waals surface area (Å²) in [5, 5.41) is 8.75. The fraction of sp³-hybridized carbons (Fsp3) is 0.615. The highest BCUT2D eigenvalue weighted by molar-refractivity contribution is 5.80. The average molecular weight is 281 g/mol. The van der Waals surface area contributed by atoms with Crippen molar-refractivity contribution in [3.63, 3.8) is 0 Å². The van der Waals surface area contributed by atoms with Crippen LogP contribution in [-0.2, 0) is 14.4 Å². The Morgan fingerprint density at radius 2 is 1.70 bits per heavy atom. The van der Waals surface area contributed by atoms with E-state index in [1.54, 1.807) is 9.80 Å². The Hall–Kier alpha value is -2.07. The first-order valence-electron chi connectivity index (χ1n) is 6.35. The number of rotatable bonds is 5. The summed E-state index contributed by atoms with van der Waals surface area (Å²) in [7, 11) is 0. The van der Waals surface area contributed by atoms with Gasteiger partial charge in [-0.1, -0.05) is 5.92 Å². The highest BCUT2D eigenvalue weighted by Crippen LogP contribution is 2.03. The lowest BCUT2D eigenvalue weighted by Gasteiger charge is -2.35. The van der Waals surface area contributed by atoms with Gasteiger partial charge in [-0.25, -0.2) is 0 Å². The molecule has 0 saturated carbocycles. The number of terminal acetylenes is 1. The molecule has 0 unspecified atom stereocenters. The van der Waals surface area contributed by atoms with E-state index in [1.807, 2.05) is 0 Å². The van der Waals surface area contributed by atoms with Crippen molar-refractivity contribution < 1.29 is 19.5 Å². The molecule has 20 heavy (non-hydrogen) atoms. The number of piperazine rings is 1. The maximum absolute atomic E-state index is 12.1.